The summed E-state index contributed by atoms with van der Waals surface area (Å²) in [5, 5.41) is 0. The lowest BCUT2D eigenvalue weighted by Gasteiger charge is -2.09. The molecule has 0 fully saturated rings. The van der Waals surface area contributed by atoms with Gasteiger partial charge in [-0.15, -0.1) is 0 Å². The van der Waals surface area contributed by atoms with E-state index in [1.54, 1.807) is 0 Å². The highest BCUT2D eigenvalue weighted by atomic mass is 79.9. The Kier molecular flexibility index (Phi) is 4.17. The number of halogens is 3. The maximum atomic E-state index is 12.6. The summed E-state index contributed by atoms with van der Waals surface area (Å²) in [5.74, 6) is -0.633. The van der Waals surface area contributed by atoms with Crippen molar-refractivity contribution < 1.29 is 18.3 Å². The number of carbonyl (C=O) groups is 1. The molecule has 0 aromatic carbocycles. The number of carbonyl (C=O) groups excluding carboxylic acids is 1. The number of anilines is 1. The molecule has 0 atom stereocenters. The van der Waals surface area contributed by atoms with Crippen molar-refractivity contribution in [2.75, 3.05) is 12.8 Å². The van der Waals surface area contributed by atoms with Crippen LogP contribution in [0.1, 0.15) is 17.7 Å². The SMILES string of the molecule is COC(=O)Cc1nc(Br)c(N)cc1C(F)F. The van der Waals surface area contributed by atoms with Gasteiger partial charge < -0.3 is 10.5 Å². The van der Waals surface area contributed by atoms with E-state index in [2.05, 4.69) is 25.7 Å². The number of hydrogen-bond acceptors (Lipinski definition) is 4. The first-order valence-electron chi connectivity index (χ1n) is 4.25. The first kappa shape index (κ1) is 12.8. The third kappa shape index (κ3) is 2.88. The van der Waals surface area contributed by atoms with Crippen LogP contribution in [0, 0.1) is 0 Å². The quantitative estimate of drug-likeness (QED) is 0.685. The molecule has 0 amide bonds. The highest BCUT2D eigenvalue weighted by Gasteiger charge is 2.19. The van der Waals surface area contributed by atoms with Gasteiger partial charge in [0.2, 0.25) is 0 Å². The Labute approximate surface area is 98.9 Å². The van der Waals surface area contributed by atoms with Gasteiger partial charge in [-0.2, -0.15) is 0 Å². The highest BCUT2D eigenvalue weighted by Crippen LogP contribution is 2.28. The van der Waals surface area contributed by atoms with Crippen LogP contribution in [0.4, 0.5) is 14.5 Å². The van der Waals surface area contributed by atoms with Crippen LogP contribution >= 0.6 is 15.9 Å². The first-order chi connectivity index (χ1) is 7.45. The van der Waals surface area contributed by atoms with E-state index in [1.165, 1.54) is 7.11 Å². The molecular weight excluding hydrogens is 286 g/mol. The van der Waals surface area contributed by atoms with Crippen LogP contribution in [-0.4, -0.2) is 18.1 Å². The van der Waals surface area contributed by atoms with Gasteiger partial charge in [0.15, 0.2) is 0 Å². The van der Waals surface area contributed by atoms with Gasteiger partial charge in [-0.25, -0.2) is 13.8 Å². The molecule has 88 valence electrons. The zero-order chi connectivity index (χ0) is 12.3. The molecule has 2 N–H and O–H groups in total. The second kappa shape index (κ2) is 5.20. The van der Waals surface area contributed by atoms with Crippen LogP contribution in [0.3, 0.4) is 0 Å². The summed E-state index contributed by atoms with van der Waals surface area (Å²) < 4.78 is 29.9. The maximum absolute atomic E-state index is 12.6. The Morgan fingerprint density at radius 1 is 1.69 bits per heavy atom. The molecule has 16 heavy (non-hydrogen) atoms. The van der Waals surface area contributed by atoms with E-state index < -0.39 is 12.4 Å². The number of hydrogen-bond donors (Lipinski definition) is 1. The maximum Gasteiger partial charge on any atom is 0.311 e. The van der Waals surface area contributed by atoms with E-state index >= 15 is 0 Å². The largest absolute Gasteiger partial charge is 0.469 e. The summed E-state index contributed by atoms with van der Waals surface area (Å²) in [7, 11) is 1.18. The van der Waals surface area contributed by atoms with Crippen LogP contribution in [-0.2, 0) is 16.0 Å². The van der Waals surface area contributed by atoms with E-state index in [9.17, 15) is 13.6 Å². The van der Waals surface area contributed by atoms with Crippen LogP contribution in [0.2, 0.25) is 0 Å². The Bertz CT molecular complexity index is 413. The number of aromatic nitrogens is 1. The van der Waals surface area contributed by atoms with E-state index in [4.69, 9.17) is 5.73 Å². The van der Waals surface area contributed by atoms with Gasteiger partial charge in [0.1, 0.15) is 4.60 Å². The molecule has 0 aliphatic rings. The number of alkyl halides is 2. The predicted molar refractivity (Wildman–Crippen MR) is 57.0 cm³/mol. The van der Waals surface area contributed by atoms with Gasteiger partial charge in [-0.3, -0.25) is 4.79 Å². The molecule has 7 heteroatoms. The summed E-state index contributed by atoms with van der Waals surface area (Å²) in [6, 6.07) is 1.10. The number of esters is 1. The zero-order valence-electron chi connectivity index (χ0n) is 8.34. The Balaban J connectivity index is 3.14. The van der Waals surface area contributed by atoms with E-state index in [-0.39, 0.29) is 28.0 Å². The number of nitrogen functional groups attached to an aromatic ring is 1. The van der Waals surface area contributed by atoms with Gasteiger partial charge in [0, 0.05) is 5.56 Å². The van der Waals surface area contributed by atoms with Gasteiger partial charge in [-0.05, 0) is 22.0 Å². The molecule has 4 nitrogen and oxygen atoms in total. The fourth-order valence-corrected chi connectivity index (χ4v) is 1.43. The lowest BCUT2D eigenvalue weighted by Crippen LogP contribution is -2.10. The van der Waals surface area contributed by atoms with Crippen LogP contribution in [0.5, 0.6) is 0 Å². The molecule has 1 rings (SSSR count). The summed E-state index contributed by atoms with van der Waals surface area (Å²) in [6.07, 6.45) is -3.04. The van der Waals surface area contributed by atoms with Crippen molar-refractivity contribution in [3.63, 3.8) is 0 Å². The van der Waals surface area contributed by atoms with E-state index in [1.807, 2.05) is 0 Å². The fraction of sp³-hybridized carbons (Fsp3) is 0.333. The molecule has 1 aromatic rings. The molecule has 1 heterocycles. The molecular formula is C9H9BrF2N2O2. The zero-order valence-corrected chi connectivity index (χ0v) is 9.92. The average Bonchev–Trinajstić information content (AvgIpc) is 2.22. The smallest absolute Gasteiger partial charge is 0.311 e. The molecule has 0 bridgehead atoms. The Morgan fingerprint density at radius 3 is 2.81 bits per heavy atom. The average molecular weight is 295 g/mol. The molecule has 0 saturated carbocycles. The third-order valence-electron chi connectivity index (χ3n) is 1.89. The molecule has 0 radical (unpaired) electrons. The minimum absolute atomic E-state index is 0.0390. The second-order valence-corrected chi connectivity index (χ2v) is 3.71. The number of methoxy groups -OCH3 is 1. The van der Waals surface area contributed by atoms with Gasteiger partial charge in [0.25, 0.3) is 6.43 Å². The van der Waals surface area contributed by atoms with Gasteiger partial charge in [0.05, 0.1) is 24.9 Å². The van der Waals surface area contributed by atoms with Crippen LogP contribution in [0.25, 0.3) is 0 Å². The van der Waals surface area contributed by atoms with Gasteiger partial charge >= 0.3 is 5.97 Å². The molecule has 0 spiro atoms. The summed E-state index contributed by atoms with van der Waals surface area (Å²) in [4.78, 5) is 14.8. The first-order valence-corrected chi connectivity index (χ1v) is 5.04. The van der Waals surface area contributed by atoms with Crippen molar-refractivity contribution in [2.45, 2.75) is 12.8 Å². The molecule has 0 saturated heterocycles. The summed E-state index contributed by atoms with van der Waals surface area (Å²) in [6.45, 7) is 0. The summed E-state index contributed by atoms with van der Waals surface area (Å²) >= 11 is 3.01. The van der Waals surface area contributed by atoms with Gasteiger partial charge in [-0.1, -0.05) is 0 Å². The Morgan fingerprint density at radius 2 is 2.31 bits per heavy atom. The molecule has 0 aliphatic carbocycles. The normalized spacial score (nSPS) is 10.6. The van der Waals surface area contributed by atoms with E-state index in [0.717, 1.165) is 6.07 Å². The predicted octanol–water partition coefficient (Wildman–Crippen LogP) is 2.08. The second-order valence-electron chi connectivity index (χ2n) is 2.96. The van der Waals surface area contributed by atoms with E-state index in [0.29, 0.717) is 0 Å². The number of nitrogens with two attached hydrogens (primary N) is 1. The Hall–Kier alpha value is -1.24. The third-order valence-corrected chi connectivity index (χ3v) is 2.53. The van der Waals surface area contributed by atoms with Crippen molar-refractivity contribution in [1.29, 1.82) is 0 Å². The number of ether oxygens (including phenoxy) is 1. The minimum Gasteiger partial charge on any atom is -0.469 e. The molecule has 0 unspecified atom stereocenters. The fourth-order valence-electron chi connectivity index (χ4n) is 1.10. The number of nitrogens with zero attached hydrogens (tertiary/aromatic N) is 1. The molecule has 0 aliphatic heterocycles. The number of rotatable bonds is 3. The highest BCUT2D eigenvalue weighted by molar-refractivity contribution is 9.10. The van der Waals surface area contributed by atoms with Crippen molar-refractivity contribution in [2.24, 2.45) is 0 Å². The van der Waals surface area contributed by atoms with Crippen molar-refractivity contribution in [3.8, 4) is 0 Å². The van der Waals surface area contributed by atoms with Crippen molar-refractivity contribution in [3.05, 3.63) is 21.9 Å². The van der Waals surface area contributed by atoms with Crippen molar-refractivity contribution in [1.82, 2.24) is 4.98 Å². The van der Waals surface area contributed by atoms with Crippen LogP contribution in [0.15, 0.2) is 10.7 Å². The van der Waals surface area contributed by atoms with Crippen LogP contribution < -0.4 is 5.73 Å². The lowest BCUT2D eigenvalue weighted by molar-refractivity contribution is -0.139. The summed E-state index contributed by atoms with van der Waals surface area (Å²) in [5.41, 5.74) is 5.14. The number of pyridine rings is 1. The van der Waals surface area contributed by atoms with Crippen molar-refractivity contribution >= 4 is 27.6 Å². The topological polar surface area (TPSA) is 65.2 Å². The standard InChI is InChI=1S/C9H9BrF2N2O2/c1-16-7(15)3-6-4(9(11)12)2-5(13)8(10)14-6/h2,9H,3,13H2,1H3. The lowest BCUT2D eigenvalue weighted by atomic mass is 10.1. The monoisotopic (exact) mass is 294 g/mol. The minimum atomic E-state index is -2.73. The molecule has 1 aromatic heterocycles.